The number of hydrogen-bond acceptors (Lipinski definition) is 4. The Labute approximate surface area is 179 Å². The minimum atomic E-state index is -0.106. The summed E-state index contributed by atoms with van der Waals surface area (Å²) in [6, 6.07) is 13.0. The van der Waals surface area contributed by atoms with Gasteiger partial charge < -0.3 is 14.6 Å². The monoisotopic (exact) mass is 429 g/mol. The van der Waals surface area contributed by atoms with E-state index in [1.807, 2.05) is 30.3 Å². The molecule has 0 atom stereocenters. The van der Waals surface area contributed by atoms with Crippen molar-refractivity contribution in [1.82, 2.24) is 4.98 Å². The van der Waals surface area contributed by atoms with Gasteiger partial charge in [0.15, 0.2) is 11.7 Å². The van der Waals surface area contributed by atoms with Crippen LogP contribution in [0.25, 0.3) is 11.3 Å². The normalized spacial score (nSPS) is 13.7. The average molecular weight is 430 g/mol. The molecule has 1 fully saturated rings. The molecule has 1 saturated heterocycles. The van der Waals surface area contributed by atoms with Crippen LogP contribution < -0.4 is 10.2 Å². The van der Waals surface area contributed by atoms with Gasteiger partial charge in [0, 0.05) is 36.5 Å². The van der Waals surface area contributed by atoms with Gasteiger partial charge >= 0.3 is 0 Å². The van der Waals surface area contributed by atoms with Crippen LogP contribution >= 0.6 is 23.2 Å². The number of hydrogen-bond donors (Lipinski definition) is 1. The van der Waals surface area contributed by atoms with E-state index in [2.05, 4.69) is 15.2 Å². The molecular formula is C22H21Cl2N3O2. The lowest BCUT2D eigenvalue weighted by Gasteiger charge is -2.21. The molecule has 4 rings (SSSR count). The van der Waals surface area contributed by atoms with E-state index in [1.165, 1.54) is 0 Å². The lowest BCUT2D eigenvalue weighted by molar-refractivity contribution is -0.116. The summed E-state index contributed by atoms with van der Waals surface area (Å²) in [6.07, 6.45) is 4.61. The van der Waals surface area contributed by atoms with E-state index >= 15 is 0 Å². The molecule has 0 bridgehead atoms. The van der Waals surface area contributed by atoms with Crippen molar-refractivity contribution in [2.45, 2.75) is 25.7 Å². The predicted molar refractivity (Wildman–Crippen MR) is 117 cm³/mol. The number of aryl methyl sites for hydroxylation is 1. The van der Waals surface area contributed by atoms with E-state index < -0.39 is 0 Å². The molecule has 1 aliphatic rings. The average Bonchev–Trinajstić information content (AvgIpc) is 3.39. The maximum atomic E-state index is 12.5. The first kappa shape index (κ1) is 19.8. The van der Waals surface area contributed by atoms with Gasteiger partial charge in [0.25, 0.3) is 0 Å². The smallest absolute Gasteiger partial charge is 0.224 e. The summed E-state index contributed by atoms with van der Waals surface area (Å²) in [4.78, 5) is 19.1. The molecule has 5 nitrogen and oxygen atoms in total. The van der Waals surface area contributed by atoms with E-state index in [9.17, 15) is 4.79 Å². The number of amides is 1. The Balaban J connectivity index is 1.40. The maximum Gasteiger partial charge on any atom is 0.224 e. The Morgan fingerprint density at radius 3 is 2.72 bits per heavy atom. The van der Waals surface area contributed by atoms with Gasteiger partial charge in [-0.3, -0.25) is 4.79 Å². The molecule has 0 radical (unpaired) electrons. The molecular weight excluding hydrogens is 409 g/mol. The molecule has 0 aliphatic carbocycles. The van der Waals surface area contributed by atoms with Crippen molar-refractivity contribution >= 4 is 40.5 Å². The topological polar surface area (TPSA) is 58.4 Å². The summed E-state index contributed by atoms with van der Waals surface area (Å²) in [6.45, 7) is 1.98. The van der Waals surface area contributed by atoms with Crippen LogP contribution in [0.2, 0.25) is 10.0 Å². The zero-order chi connectivity index (χ0) is 20.2. The number of anilines is 2. The molecule has 29 heavy (non-hydrogen) atoms. The second-order valence-electron chi connectivity index (χ2n) is 7.00. The molecule has 1 amide bonds. The van der Waals surface area contributed by atoms with Crippen LogP contribution in [-0.4, -0.2) is 24.0 Å². The Morgan fingerprint density at radius 2 is 1.93 bits per heavy atom. The summed E-state index contributed by atoms with van der Waals surface area (Å²) >= 11 is 12.3. The Bertz CT molecular complexity index is 1010. The van der Waals surface area contributed by atoms with Crippen LogP contribution in [0.1, 0.15) is 25.2 Å². The van der Waals surface area contributed by atoms with Crippen molar-refractivity contribution < 1.29 is 9.21 Å². The Morgan fingerprint density at radius 1 is 1.14 bits per heavy atom. The Kier molecular flexibility index (Phi) is 6.07. The standard InChI is InChI=1S/C22H21Cl2N3O2/c23-15-7-8-19(27-11-3-4-12-27)18(13-15)26-21(28)9-10-22-25-14-20(29-22)16-5-1-2-6-17(16)24/h1-2,5-8,13-14H,3-4,9-12H2,(H,26,28). The number of rotatable bonds is 6. The van der Waals surface area contributed by atoms with Crippen LogP contribution in [0.5, 0.6) is 0 Å². The molecule has 1 aromatic heterocycles. The van der Waals surface area contributed by atoms with Crippen molar-refractivity contribution in [3.8, 4) is 11.3 Å². The summed E-state index contributed by atoms with van der Waals surface area (Å²) in [5.74, 6) is 0.989. The van der Waals surface area contributed by atoms with Gasteiger partial charge in [0.1, 0.15) is 0 Å². The van der Waals surface area contributed by atoms with E-state index in [-0.39, 0.29) is 12.3 Å². The van der Waals surface area contributed by atoms with E-state index in [0.29, 0.717) is 28.1 Å². The third-order valence-corrected chi connectivity index (χ3v) is 5.50. The van der Waals surface area contributed by atoms with Gasteiger partial charge in [-0.15, -0.1) is 0 Å². The van der Waals surface area contributed by atoms with E-state index in [1.54, 1.807) is 18.3 Å². The Hall–Kier alpha value is -2.50. The fourth-order valence-electron chi connectivity index (χ4n) is 3.49. The summed E-state index contributed by atoms with van der Waals surface area (Å²) < 4.78 is 5.77. The van der Waals surface area contributed by atoms with Gasteiger partial charge in [-0.2, -0.15) is 0 Å². The first-order valence-electron chi connectivity index (χ1n) is 9.64. The summed E-state index contributed by atoms with van der Waals surface area (Å²) in [5.41, 5.74) is 2.54. The minimum absolute atomic E-state index is 0.106. The van der Waals surface area contributed by atoms with Crippen LogP contribution in [-0.2, 0) is 11.2 Å². The van der Waals surface area contributed by atoms with Gasteiger partial charge in [-0.1, -0.05) is 35.3 Å². The fourth-order valence-corrected chi connectivity index (χ4v) is 3.89. The summed E-state index contributed by atoms with van der Waals surface area (Å²) in [7, 11) is 0. The zero-order valence-electron chi connectivity index (χ0n) is 15.8. The van der Waals surface area contributed by atoms with Gasteiger partial charge in [0.05, 0.1) is 22.6 Å². The number of nitrogens with one attached hydrogen (secondary N) is 1. The molecule has 1 aliphatic heterocycles. The van der Waals surface area contributed by atoms with Gasteiger partial charge in [-0.25, -0.2) is 4.98 Å². The highest BCUT2D eigenvalue weighted by Crippen LogP contribution is 2.32. The molecule has 2 heterocycles. The molecule has 3 aromatic rings. The van der Waals surface area contributed by atoms with Crippen LogP contribution in [0.3, 0.4) is 0 Å². The van der Waals surface area contributed by atoms with Gasteiger partial charge in [0.2, 0.25) is 5.91 Å². The van der Waals surface area contributed by atoms with Crippen molar-refractivity contribution in [3.63, 3.8) is 0 Å². The van der Waals surface area contributed by atoms with Crippen molar-refractivity contribution in [3.05, 3.63) is 64.6 Å². The van der Waals surface area contributed by atoms with E-state index in [4.69, 9.17) is 27.6 Å². The predicted octanol–water partition coefficient (Wildman–Crippen LogP) is 5.82. The summed E-state index contributed by atoms with van der Waals surface area (Å²) in [5, 5.41) is 4.19. The van der Waals surface area contributed by atoms with Crippen LogP contribution in [0.15, 0.2) is 53.1 Å². The quantitative estimate of drug-likeness (QED) is 0.536. The number of carbonyl (C=O) groups excluding carboxylic acids is 1. The van der Waals surface area contributed by atoms with Crippen LogP contribution in [0.4, 0.5) is 11.4 Å². The number of oxazole rings is 1. The highest BCUT2D eigenvalue weighted by atomic mass is 35.5. The molecule has 7 heteroatoms. The second-order valence-corrected chi connectivity index (χ2v) is 7.85. The largest absolute Gasteiger partial charge is 0.441 e. The molecule has 2 aromatic carbocycles. The number of carbonyl (C=O) groups is 1. The molecule has 1 N–H and O–H groups in total. The van der Waals surface area contributed by atoms with Crippen LogP contribution in [0, 0.1) is 0 Å². The SMILES string of the molecule is O=C(CCc1ncc(-c2ccccc2Cl)o1)Nc1cc(Cl)ccc1N1CCCC1. The highest BCUT2D eigenvalue weighted by molar-refractivity contribution is 6.33. The van der Waals surface area contributed by atoms with Gasteiger partial charge in [-0.05, 0) is 43.2 Å². The van der Waals surface area contributed by atoms with Crippen molar-refractivity contribution in [2.24, 2.45) is 0 Å². The first-order chi connectivity index (χ1) is 14.1. The molecule has 150 valence electrons. The number of halogens is 2. The zero-order valence-corrected chi connectivity index (χ0v) is 17.3. The molecule has 0 spiro atoms. The second kappa shape index (κ2) is 8.89. The van der Waals surface area contributed by atoms with E-state index in [0.717, 1.165) is 42.9 Å². The molecule has 0 unspecified atom stereocenters. The molecule has 0 saturated carbocycles. The van der Waals surface area contributed by atoms with Crippen molar-refractivity contribution in [2.75, 3.05) is 23.3 Å². The number of nitrogens with zero attached hydrogens (tertiary/aromatic N) is 2. The minimum Gasteiger partial charge on any atom is -0.441 e. The number of benzene rings is 2. The highest BCUT2D eigenvalue weighted by Gasteiger charge is 2.18. The lowest BCUT2D eigenvalue weighted by Crippen LogP contribution is -2.21. The number of aromatic nitrogens is 1. The van der Waals surface area contributed by atoms with Crippen molar-refractivity contribution in [1.29, 1.82) is 0 Å². The maximum absolute atomic E-state index is 12.5. The third kappa shape index (κ3) is 4.74. The fraction of sp³-hybridized carbons (Fsp3) is 0.273. The third-order valence-electron chi connectivity index (χ3n) is 4.94. The lowest BCUT2D eigenvalue weighted by atomic mass is 10.2. The first-order valence-corrected chi connectivity index (χ1v) is 10.4.